The lowest BCUT2D eigenvalue weighted by Gasteiger charge is -2.25. The summed E-state index contributed by atoms with van der Waals surface area (Å²) >= 11 is 0. The van der Waals surface area contributed by atoms with E-state index in [1.807, 2.05) is 79.0 Å². The van der Waals surface area contributed by atoms with Crippen molar-refractivity contribution in [3.05, 3.63) is 187 Å². The largest absolute Gasteiger partial charge is 0.455 e. The number of aromatic nitrogens is 4. The van der Waals surface area contributed by atoms with Gasteiger partial charge in [0.2, 0.25) is 5.69 Å². The van der Waals surface area contributed by atoms with E-state index in [0.29, 0.717) is 28.2 Å². The average molecular weight is 777 g/mol. The molecule has 280 valence electrons. The highest BCUT2D eigenvalue weighted by Gasteiger charge is 2.32. The second-order valence-corrected chi connectivity index (χ2v) is 15.4. The van der Waals surface area contributed by atoms with Gasteiger partial charge >= 0.3 is 0 Å². The molecule has 0 bridgehead atoms. The fraction of sp³-hybridized carbons (Fsp3) is 0. The zero-order valence-corrected chi connectivity index (χ0v) is 32.3. The van der Waals surface area contributed by atoms with Gasteiger partial charge in [-0.1, -0.05) is 121 Å². The lowest BCUT2D eigenvalue weighted by Crippen LogP contribution is -2.08. The molecule has 0 amide bonds. The van der Waals surface area contributed by atoms with Crippen LogP contribution in [0, 0.1) is 17.9 Å². The summed E-state index contributed by atoms with van der Waals surface area (Å²) in [5.74, 6) is 0. The zero-order chi connectivity index (χ0) is 40.3. The summed E-state index contributed by atoms with van der Waals surface area (Å²) < 4.78 is 11.2. The van der Waals surface area contributed by atoms with Gasteiger partial charge in [-0.3, -0.25) is 0 Å². The molecular formula is C54H28N6O. The van der Waals surface area contributed by atoms with Crippen molar-refractivity contribution < 1.29 is 4.42 Å². The Balaban J connectivity index is 1.31. The van der Waals surface area contributed by atoms with Crippen LogP contribution in [-0.4, -0.2) is 19.1 Å². The molecule has 9 aromatic carbocycles. The van der Waals surface area contributed by atoms with Crippen LogP contribution in [0.25, 0.3) is 126 Å². The molecule has 0 fully saturated rings. The number of benzene rings is 9. The number of hydrogen-bond acceptors (Lipinski definition) is 4. The summed E-state index contributed by atoms with van der Waals surface area (Å²) in [6.07, 6.45) is 3.50. The first-order chi connectivity index (χ1) is 30.2. The Bertz CT molecular complexity index is 3980. The van der Waals surface area contributed by atoms with Crippen molar-refractivity contribution >= 4 is 92.9 Å². The van der Waals surface area contributed by atoms with Gasteiger partial charge in [0.25, 0.3) is 0 Å². The summed E-state index contributed by atoms with van der Waals surface area (Å²) in [6, 6.07) is 56.2. The fourth-order valence-electron chi connectivity index (χ4n) is 10.1. The van der Waals surface area contributed by atoms with E-state index in [4.69, 9.17) is 16.0 Å². The van der Waals surface area contributed by atoms with Crippen molar-refractivity contribution in [1.29, 1.82) is 5.26 Å². The van der Waals surface area contributed by atoms with Crippen LogP contribution in [0.5, 0.6) is 0 Å². The number of nitrogens with zero attached hydrogens (tertiary/aromatic N) is 6. The molecule has 0 aliphatic heterocycles. The molecule has 0 spiro atoms. The minimum Gasteiger partial charge on any atom is -0.455 e. The van der Waals surface area contributed by atoms with E-state index in [1.54, 1.807) is 6.33 Å². The number of para-hydroxylation sites is 2. The Morgan fingerprint density at radius 1 is 0.525 bits per heavy atom. The zero-order valence-electron chi connectivity index (χ0n) is 32.3. The van der Waals surface area contributed by atoms with Gasteiger partial charge in [-0.05, 0) is 52.9 Å². The Morgan fingerprint density at radius 2 is 1.13 bits per heavy atom. The summed E-state index contributed by atoms with van der Waals surface area (Å²) in [5, 5.41) is 20.9. The van der Waals surface area contributed by atoms with Crippen molar-refractivity contribution in [1.82, 2.24) is 19.1 Å². The number of rotatable bonds is 4. The molecule has 0 saturated carbocycles. The third kappa shape index (κ3) is 4.33. The highest BCUT2D eigenvalue weighted by molar-refractivity contribution is 6.34. The van der Waals surface area contributed by atoms with E-state index in [2.05, 4.69) is 110 Å². The minimum absolute atomic E-state index is 0.386. The first-order valence-corrected chi connectivity index (χ1v) is 20.1. The first-order valence-electron chi connectivity index (χ1n) is 20.1. The average Bonchev–Trinajstić information content (AvgIpc) is 3.99. The van der Waals surface area contributed by atoms with Crippen molar-refractivity contribution in [3.8, 4) is 39.7 Å². The van der Waals surface area contributed by atoms with E-state index in [9.17, 15) is 5.26 Å². The summed E-state index contributed by atoms with van der Waals surface area (Å²) in [5.41, 5.74) is 11.3. The molecule has 0 unspecified atom stereocenters. The predicted octanol–water partition coefficient (Wildman–Crippen LogP) is 14.1. The van der Waals surface area contributed by atoms with E-state index in [0.717, 1.165) is 104 Å². The van der Waals surface area contributed by atoms with Crippen LogP contribution < -0.4 is 0 Å². The maximum Gasteiger partial charge on any atom is 0.220 e. The van der Waals surface area contributed by atoms with Gasteiger partial charge in [-0.15, -0.1) is 0 Å². The van der Waals surface area contributed by atoms with Crippen LogP contribution in [0.3, 0.4) is 0 Å². The normalized spacial score (nSPS) is 11.9. The Labute approximate surface area is 347 Å². The maximum absolute atomic E-state index is 11.7. The molecule has 0 aliphatic carbocycles. The Morgan fingerprint density at radius 3 is 1.89 bits per heavy atom. The van der Waals surface area contributed by atoms with Gasteiger partial charge in [0.15, 0.2) is 0 Å². The smallest absolute Gasteiger partial charge is 0.220 e. The molecule has 4 aromatic heterocycles. The molecule has 0 aliphatic rings. The number of hydrogen-bond donors (Lipinski definition) is 0. The Kier molecular flexibility index (Phi) is 6.73. The molecule has 7 nitrogen and oxygen atoms in total. The third-order valence-electron chi connectivity index (χ3n) is 12.5. The van der Waals surface area contributed by atoms with Crippen LogP contribution in [0.4, 0.5) is 5.69 Å². The van der Waals surface area contributed by atoms with Gasteiger partial charge in [-0.2, -0.15) is 5.26 Å². The first kappa shape index (κ1) is 33.2. The summed E-state index contributed by atoms with van der Waals surface area (Å²) in [7, 11) is 0. The molecule has 61 heavy (non-hydrogen) atoms. The van der Waals surface area contributed by atoms with Crippen LogP contribution in [0.15, 0.2) is 175 Å². The number of nitriles is 1. The standard InChI is InChI=1S/C54H28N6O/c1-56-51-45(31-14-4-2-5-15-31)38(28-55)52(59-40-22-10-8-19-36(40)49-43(59)27-26-35-33-18-9-11-25-44(33)61-54(35)49)46(32-16-6-3-7-17-32)53(51)60-41-23-12-20-34-39-29-57-30-58-50(39)37-21-13-24-42(60)48(37)47(34)41/h2-27,29-30H. The molecule has 7 heteroatoms. The van der Waals surface area contributed by atoms with Gasteiger partial charge < -0.3 is 13.6 Å². The Hall–Kier alpha value is -8.78. The molecule has 0 atom stereocenters. The predicted molar refractivity (Wildman–Crippen MR) is 246 cm³/mol. The lowest BCUT2D eigenvalue weighted by molar-refractivity contribution is 0.673. The van der Waals surface area contributed by atoms with Gasteiger partial charge in [0.1, 0.15) is 23.6 Å². The van der Waals surface area contributed by atoms with Crippen molar-refractivity contribution in [2.45, 2.75) is 0 Å². The molecule has 0 radical (unpaired) electrons. The van der Waals surface area contributed by atoms with E-state index in [-0.39, 0.29) is 0 Å². The van der Waals surface area contributed by atoms with E-state index >= 15 is 0 Å². The van der Waals surface area contributed by atoms with Gasteiger partial charge in [0.05, 0.1) is 56.5 Å². The van der Waals surface area contributed by atoms with Gasteiger partial charge in [-0.25, -0.2) is 14.8 Å². The number of fused-ring (bicyclic) bond motifs is 10. The number of furan rings is 1. The topological polar surface area (TPSA) is 76.9 Å². The monoisotopic (exact) mass is 776 g/mol. The highest BCUT2D eigenvalue weighted by atomic mass is 16.3. The van der Waals surface area contributed by atoms with Crippen molar-refractivity contribution in [2.75, 3.05) is 0 Å². The lowest BCUT2D eigenvalue weighted by atomic mass is 9.88. The van der Waals surface area contributed by atoms with Crippen molar-refractivity contribution in [2.24, 2.45) is 0 Å². The molecule has 4 heterocycles. The van der Waals surface area contributed by atoms with Crippen LogP contribution >= 0.6 is 0 Å². The molecular weight excluding hydrogens is 749 g/mol. The molecule has 13 rings (SSSR count). The molecule has 0 N–H and O–H groups in total. The molecule has 13 aromatic rings. The highest BCUT2D eigenvalue weighted by Crippen LogP contribution is 2.53. The second kappa shape index (κ2) is 12.4. The van der Waals surface area contributed by atoms with E-state index < -0.39 is 0 Å². The summed E-state index contributed by atoms with van der Waals surface area (Å²) in [6.45, 7) is 9.14. The van der Waals surface area contributed by atoms with Gasteiger partial charge in [0, 0.05) is 55.0 Å². The molecule has 0 saturated heterocycles. The second-order valence-electron chi connectivity index (χ2n) is 15.4. The van der Waals surface area contributed by atoms with Crippen molar-refractivity contribution in [3.63, 3.8) is 0 Å². The minimum atomic E-state index is 0.386. The van der Waals surface area contributed by atoms with Crippen LogP contribution in [-0.2, 0) is 0 Å². The quantitative estimate of drug-likeness (QED) is 0.132. The van der Waals surface area contributed by atoms with E-state index in [1.165, 1.54) is 0 Å². The van der Waals surface area contributed by atoms with Crippen LogP contribution in [0.2, 0.25) is 0 Å². The van der Waals surface area contributed by atoms with Crippen LogP contribution in [0.1, 0.15) is 5.56 Å². The summed E-state index contributed by atoms with van der Waals surface area (Å²) in [4.78, 5) is 13.7. The fourth-order valence-corrected chi connectivity index (χ4v) is 10.1. The third-order valence-corrected chi connectivity index (χ3v) is 12.5. The maximum atomic E-state index is 11.7. The SMILES string of the molecule is [C-]#[N+]c1c(-c2ccccc2)c(C#N)c(-n2c3ccccc3c3c4oc5ccccc5c4ccc32)c(-c2ccccc2)c1-n1c2cccc3c4cncnc4c4cccc1c4c32.